The van der Waals surface area contributed by atoms with Crippen LogP contribution in [0.5, 0.6) is 5.88 Å². The van der Waals surface area contributed by atoms with Crippen LogP contribution in [-0.4, -0.2) is 42.2 Å². The third-order valence-electron chi connectivity index (χ3n) is 3.27. The fraction of sp³-hybridized carbons (Fsp3) is 0.235. The van der Waals surface area contributed by atoms with E-state index in [1.165, 1.54) is 14.2 Å². The van der Waals surface area contributed by atoms with Gasteiger partial charge in [-0.25, -0.2) is 4.68 Å². The number of ether oxygens (including phenoxy) is 1. The number of amides is 1. The van der Waals surface area contributed by atoms with Crippen LogP contribution < -0.4 is 10.1 Å². The zero-order valence-electron chi connectivity index (χ0n) is 14.2. The van der Waals surface area contributed by atoms with Crippen molar-refractivity contribution in [3.05, 3.63) is 53.2 Å². The third kappa shape index (κ3) is 5.09. The number of hydrogen-bond acceptors (Lipinski definition) is 5. The molecule has 0 saturated heterocycles. The molecule has 0 fully saturated rings. The third-order valence-corrected chi connectivity index (χ3v) is 3.53. The lowest BCUT2D eigenvalue weighted by Crippen LogP contribution is -2.28. The second-order valence-electron chi connectivity index (χ2n) is 4.97. The SMILES string of the molecule is CNC(=O)/C(=N\OC)C(C)=CCOc1ccn(-c2ccc(Cl)cc2)n1. The normalized spacial score (nSPS) is 12.0. The molecule has 0 saturated carbocycles. The van der Waals surface area contributed by atoms with Crippen LogP contribution in [0.2, 0.25) is 5.02 Å². The lowest BCUT2D eigenvalue weighted by Gasteiger charge is -2.05. The minimum absolute atomic E-state index is 0.195. The van der Waals surface area contributed by atoms with E-state index in [4.69, 9.17) is 21.2 Å². The average Bonchev–Trinajstić information content (AvgIpc) is 3.08. The summed E-state index contributed by atoms with van der Waals surface area (Å²) < 4.78 is 7.27. The van der Waals surface area contributed by atoms with Crippen molar-refractivity contribution < 1.29 is 14.4 Å². The van der Waals surface area contributed by atoms with Crippen LogP contribution in [0.25, 0.3) is 5.69 Å². The molecule has 2 aromatic rings. The maximum atomic E-state index is 11.7. The molecule has 0 radical (unpaired) electrons. The van der Waals surface area contributed by atoms with E-state index in [1.54, 1.807) is 42.1 Å². The Hall–Kier alpha value is -2.80. The van der Waals surface area contributed by atoms with E-state index in [9.17, 15) is 4.79 Å². The predicted molar refractivity (Wildman–Crippen MR) is 96.3 cm³/mol. The molecule has 25 heavy (non-hydrogen) atoms. The predicted octanol–water partition coefficient (Wildman–Crippen LogP) is 2.60. The van der Waals surface area contributed by atoms with E-state index in [1.807, 2.05) is 12.1 Å². The number of carbonyl (C=O) groups excluding carboxylic acids is 1. The van der Waals surface area contributed by atoms with Gasteiger partial charge in [-0.05, 0) is 42.8 Å². The van der Waals surface area contributed by atoms with Gasteiger partial charge in [0.1, 0.15) is 13.7 Å². The monoisotopic (exact) mass is 362 g/mol. The van der Waals surface area contributed by atoms with E-state index in [0.717, 1.165) is 5.69 Å². The molecule has 7 nitrogen and oxygen atoms in total. The Balaban J connectivity index is 2.00. The van der Waals surface area contributed by atoms with E-state index >= 15 is 0 Å². The molecule has 0 aliphatic heterocycles. The second kappa shape index (κ2) is 8.89. The van der Waals surface area contributed by atoms with E-state index in [-0.39, 0.29) is 18.2 Å². The number of nitrogens with zero attached hydrogens (tertiary/aromatic N) is 3. The largest absolute Gasteiger partial charge is 0.472 e. The zero-order valence-corrected chi connectivity index (χ0v) is 14.9. The van der Waals surface area contributed by atoms with Crippen molar-refractivity contribution in [2.45, 2.75) is 6.92 Å². The molecule has 1 N–H and O–H groups in total. The summed E-state index contributed by atoms with van der Waals surface area (Å²) in [5.41, 5.74) is 1.71. The maximum absolute atomic E-state index is 11.7. The molecule has 1 amide bonds. The molecule has 0 atom stereocenters. The summed E-state index contributed by atoms with van der Waals surface area (Å²) in [6.07, 6.45) is 3.52. The Morgan fingerprint density at radius 2 is 2.08 bits per heavy atom. The van der Waals surface area contributed by atoms with Crippen LogP contribution >= 0.6 is 11.6 Å². The molecule has 8 heteroatoms. The number of hydrogen-bond donors (Lipinski definition) is 1. The van der Waals surface area contributed by atoms with Crippen LogP contribution in [0.4, 0.5) is 0 Å². The van der Waals surface area contributed by atoms with Gasteiger partial charge in [-0.3, -0.25) is 4.79 Å². The van der Waals surface area contributed by atoms with Crippen molar-refractivity contribution in [3.63, 3.8) is 0 Å². The summed E-state index contributed by atoms with van der Waals surface area (Å²) in [5, 5.41) is 11.2. The van der Waals surface area contributed by atoms with Crippen LogP contribution in [-0.2, 0) is 9.63 Å². The number of benzene rings is 1. The molecule has 0 unspecified atom stereocenters. The Morgan fingerprint density at radius 3 is 2.72 bits per heavy atom. The van der Waals surface area contributed by atoms with Gasteiger partial charge in [-0.1, -0.05) is 16.8 Å². The highest BCUT2D eigenvalue weighted by Gasteiger charge is 2.12. The number of carbonyl (C=O) groups is 1. The van der Waals surface area contributed by atoms with Crippen LogP contribution in [0.15, 0.2) is 53.3 Å². The molecule has 0 aliphatic carbocycles. The summed E-state index contributed by atoms with van der Waals surface area (Å²) >= 11 is 5.88. The first-order valence-electron chi connectivity index (χ1n) is 7.50. The highest BCUT2D eigenvalue weighted by Crippen LogP contribution is 2.15. The van der Waals surface area contributed by atoms with Crippen molar-refractivity contribution in [2.24, 2.45) is 5.16 Å². The minimum atomic E-state index is -0.331. The molecule has 132 valence electrons. The van der Waals surface area contributed by atoms with Gasteiger partial charge in [0.2, 0.25) is 5.88 Å². The highest BCUT2D eigenvalue weighted by molar-refractivity contribution is 6.44. The smallest absolute Gasteiger partial charge is 0.273 e. The number of halogens is 1. The molecular weight excluding hydrogens is 344 g/mol. The van der Waals surface area contributed by atoms with Crippen molar-refractivity contribution in [2.75, 3.05) is 20.8 Å². The highest BCUT2D eigenvalue weighted by atomic mass is 35.5. The summed E-state index contributed by atoms with van der Waals surface area (Å²) in [6.45, 7) is 1.99. The standard InChI is InChI=1S/C17H19ClN4O3/c1-12(16(21-24-3)17(23)19-2)9-11-25-15-8-10-22(20-15)14-6-4-13(18)5-7-14/h4-10H,11H2,1-3H3,(H,19,23)/b12-9?,21-16-. The number of oxime groups is 1. The maximum Gasteiger partial charge on any atom is 0.273 e. The van der Waals surface area contributed by atoms with E-state index in [0.29, 0.717) is 16.5 Å². The fourth-order valence-corrected chi connectivity index (χ4v) is 2.10. The molecule has 0 spiro atoms. The zero-order chi connectivity index (χ0) is 18.2. The van der Waals surface area contributed by atoms with Crippen LogP contribution in [0, 0.1) is 0 Å². The van der Waals surface area contributed by atoms with Gasteiger partial charge in [-0.15, -0.1) is 5.10 Å². The number of aromatic nitrogens is 2. The van der Waals surface area contributed by atoms with E-state index < -0.39 is 0 Å². The van der Waals surface area contributed by atoms with E-state index in [2.05, 4.69) is 15.6 Å². The van der Waals surface area contributed by atoms with Crippen molar-refractivity contribution in [3.8, 4) is 11.6 Å². The first kappa shape index (κ1) is 18.5. The van der Waals surface area contributed by atoms with Crippen molar-refractivity contribution in [1.82, 2.24) is 15.1 Å². The fourth-order valence-electron chi connectivity index (χ4n) is 1.97. The van der Waals surface area contributed by atoms with Gasteiger partial charge in [0.05, 0.1) is 5.69 Å². The Bertz CT molecular complexity index is 781. The molecule has 0 bridgehead atoms. The molecule has 1 heterocycles. The van der Waals surface area contributed by atoms with Crippen LogP contribution in [0.1, 0.15) is 6.92 Å². The van der Waals surface area contributed by atoms with Gasteiger partial charge >= 0.3 is 0 Å². The van der Waals surface area contributed by atoms with Crippen molar-refractivity contribution in [1.29, 1.82) is 0 Å². The number of rotatable bonds is 7. The number of nitrogens with one attached hydrogen (secondary N) is 1. The van der Waals surface area contributed by atoms with Gasteiger partial charge < -0.3 is 14.9 Å². The summed E-state index contributed by atoms with van der Waals surface area (Å²) in [4.78, 5) is 16.4. The molecule has 0 aliphatic rings. The molecule has 2 rings (SSSR count). The van der Waals surface area contributed by atoms with Gasteiger partial charge in [0, 0.05) is 24.3 Å². The second-order valence-corrected chi connectivity index (χ2v) is 5.41. The van der Waals surface area contributed by atoms with Crippen molar-refractivity contribution >= 4 is 23.2 Å². The first-order chi connectivity index (χ1) is 12.0. The minimum Gasteiger partial charge on any atom is -0.472 e. The Labute approximate surface area is 150 Å². The average molecular weight is 363 g/mol. The van der Waals surface area contributed by atoms with Gasteiger partial charge in [0.25, 0.3) is 5.91 Å². The Morgan fingerprint density at radius 1 is 1.36 bits per heavy atom. The first-order valence-corrected chi connectivity index (χ1v) is 7.87. The van der Waals surface area contributed by atoms with Crippen LogP contribution in [0.3, 0.4) is 0 Å². The summed E-state index contributed by atoms with van der Waals surface area (Å²) in [5.74, 6) is 0.131. The lowest BCUT2D eigenvalue weighted by atomic mass is 10.1. The van der Waals surface area contributed by atoms with Gasteiger partial charge in [0.15, 0.2) is 5.71 Å². The summed E-state index contributed by atoms with van der Waals surface area (Å²) in [7, 11) is 2.91. The molecule has 1 aromatic heterocycles. The Kier molecular flexibility index (Phi) is 6.59. The molecule has 1 aromatic carbocycles. The molecular formula is C17H19ClN4O3. The summed E-state index contributed by atoms with van der Waals surface area (Å²) in [6, 6.07) is 9.06. The quantitative estimate of drug-likeness (QED) is 0.606. The topological polar surface area (TPSA) is 77.7 Å². The lowest BCUT2D eigenvalue weighted by molar-refractivity contribution is -0.114. The van der Waals surface area contributed by atoms with Gasteiger partial charge in [-0.2, -0.15) is 0 Å².